The lowest BCUT2D eigenvalue weighted by molar-refractivity contribution is -0.152. The first-order chi connectivity index (χ1) is 12.7. The van der Waals surface area contributed by atoms with E-state index in [4.69, 9.17) is 9.47 Å². The molecule has 0 bridgehead atoms. The Labute approximate surface area is 156 Å². The number of aromatic nitrogens is 2. The van der Waals surface area contributed by atoms with Gasteiger partial charge in [0.25, 0.3) is 0 Å². The number of ether oxygens (including phenoxy) is 2. The summed E-state index contributed by atoms with van der Waals surface area (Å²) in [5.74, 6) is -0.320. The number of carbonyl (C=O) groups excluding carboxylic acids is 1. The minimum atomic E-state index is -1.19. The summed E-state index contributed by atoms with van der Waals surface area (Å²) in [5.41, 5.74) is 1.33. The fourth-order valence-electron chi connectivity index (χ4n) is 2.91. The number of aliphatic hydroxyl groups is 3. The third-order valence-electron chi connectivity index (χ3n) is 4.47. The van der Waals surface area contributed by atoms with Crippen molar-refractivity contribution in [2.24, 2.45) is 5.41 Å². The Hall–Kier alpha value is -2.20. The molecule has 1 aliphatic heterocycles. The van der Waals surface area contributed by atoms with Crippen molar-refractivity contribution in [2.45, 2.75) is 45.3 Å². The van der Waals surface area contributed by atoms with Crippen molar-refractivity contribution in [1.29, 1.82) is 0 Å². The summed E-state index contributed by atoms with van der Waals surface area (Å²) >= 11 is 0. The molecule has 4 N–H and O–H groups in total. The summed E-state index contributed by atoms with van der Waals surface area (Å²) in [7, 11) is 0. The molecule has 0 saturated carbocycles. The largest absolute Gasteiger partial charge is 0.444 e. The molecule has 148 valence electrons. The number of carbonyl (C=O) groups is 1. The SMILES string of the molecule is CC(C)(C)C(=O)OCNc1cccc2c1ncn2[C@@H]1O[C@H](CO)C(O)[C@@H]1O. The number of hydrogen-bond acceptors (Lipinski definition) is 8. The number of esters is 1. The molecule has 1 unspecified atom stereocenters. The van der Waals surface area contributed by atoms with Crippen molar-refractivity contribution in [3.05, 3.63) is 24.5 Å². The van der Waals surface area contributed by atoms with Crippen LogP contribution in [0.15, 0.2) is 24.5 Å². The van der Waals surface area contributed by atoms with Gasteiger partial charge in [-0.2, -0.15) is 0 Å². The number of aliphatic hydroxyl groups excluding tert-OH is 3. The van der Waals surface area contributed by atoms with Crippen LogP contribution in [0.1, 0.15) is 27.0 Å². The second-order valence-electron chi connectivity index (χ2n) is 7.56. The molecular formula is C18H25N3O6. The predicted molar refractivity (Wildman–Crippen MR) is 96.8 cm³/mol. The van der Waals surface area contributed by atoms with Gasteiger partial charge >= 0.3 is 5.97 Å². The van der Waals surface area contributed by atoms with Gasteiger partial charge in [-0.1, -0.05) is 6.07 Å². The van der Waals surface area contributed by atoms with Gasteiger partial charge in [0, 0.05) is 0 Å². The number of anilines is 1. The predicted octanol–water partition coefficient (Wildman–Crippen LogP) is 0.606. The molecule has 1 aliphatic rings. The van der Waals surface area contributed by atoms with Crippen LogP contribution < -0.4 is 5.32 Å². The van der Waals surface area contributed by atoms with Crippen LogP contribution in [-0.4, -0.2) is 62.5 Å². The molecule has 3 rings (SSSR count). The topological polar surface area (TPSA) is 126 Å². The lowest BCUT2D eigenvalue weighted by Gasteiger charge is -2.18. The van der Waals surface area contributed by atoms with E-state index >= 15 is 0 Å². The van der Waals surface area contributed by atoms with Crippen molar-refractivity contribution in [3.63, 3.8) is 0 Å². The molecule has 0 radical (unpaired) electrons. The molecule has 0 amide bonds. The Morgan fingerprint density at radius 3 is 2.70 bits per heavy atom. The molecule has 0 spiro atoms. The maximum Gasteiger partial charge on any atom is 0.312 e. The summed E-state index contributed by atoms with van der Waals surface area (Å²) < 4.78 is 12.4. The van der Waals surface area contributed by atoms with E-state index in [1.807, 2.05) is 0 Å². The first kappa shape index (κ1) is 19.6. The molecular weight excluding hydrogens is 354 g/mol. The van der Waals surface area contributed by atoms with Crippen molar-refractivity contribution in [1.82, 2.24) is 9.55 Å². The van der Waals surface area contributed by atoms with E-state index in [1.165, 1.54) is 6.33 Å². The third-order valence-corrected chi connectivity index (χ3v) is 4.47. The number of imidazole rings is 1. The lowest BCUT2D eigenvalue weighted by atomic mass is 9.98. The molecule has 2 heterocycles. The summed E-state index contributed by atoms with van der Waals surface area (Å²) in [6.07, 6.45) is -2.60. The van der Waals surface area contributed by atoms with Gasteiger partial charge in [-0.25, -0.2) is 4.98 Å². The Morgan fingerprint density at radius 2 is 2.07 bits per heavy atom. The molecule has 1 saturated heterocycles. The van der Waals surface area contributed by atoms with Crippen LogP contribution in [0.2, 0.25) is 0 Å². The molecule has 0 aliphatic carbocycles. The first-order valence-electron chi connectivity index (χ1n) is 8.73. The van der Waals surface area contributed by atoms with Crippen molar-refractivity contribution in [3.8, 4) is 0 Å². The van der Waals surface area contributed by atoms with E-state index in [0.717, 1.165) is 0 Å². The molecule has 9 heteroatoms. The fourth-order valence-corrected chi connectivity index (χ4v) is 2.91. The quantitative estimate of drug-likeness (QED) is 0.440. The smallest absolute Gasteiger partial charge is 0.312 e. The van der Waals surface area contributed by atoms with Crippen LogP contribution in [0, 0.1) is 5.41 Å². The summed E-state index contributed by atoms with van der Waals surface area (Å²) in [5, 5.41) is 32.5. The van der Waals surface area contributed by atoms with E-state index in [1.54, 1.807) is 43.5 Å². The lowest BCUT2D eigenvalue weighted by Crippen LogP contribution is -2.33. The third kappa shape index (κ3) is 3.77. The van der Waals surface area contributed by atoms with Gasteiger partial charge in [-0.05, 0) is 32.9 Å². The number of nitrogens with zero attached hydrogens (tertiary/aromatic N) is 2. The van der Waals surface area contributed by atoms with Crippen LogP contribution >= 0.6 is 0 Å². The van der Waals surface area contributed by atoms with E-state index in [2.05, 4.69) is 10.3 Å². The molecule has 2 aromatic rings. The van der Waals surface area contributed by atoms with Gasteiger partial charge < -0.3 is 34.7 Å². The van der Waals surface area contributed by atoms with Crippen LogP contribution in [0.3, 0.4) is 0 Å². The first-order valence-corrected chi connectivity index (χ1v) is 8.73. The number of hydrogen-bond donors (Lipinski definition) is 4. The van der Waals surface area contributed by atoms with Crippen molar-refractivity contribution in [2.75, 3.05) is 18.7 Å². The van der Waals surface area contributed by atoms with Gasteiger partial charge in [0.15, 0.2) is 13.0 Å². The molecule has 1 aromatic heterocycles. The van der Waals surface area contributed by atoms with Crippen LogP contribution in [-0.2, 0) is 14.3 Å². The number of para-hydroxylation sites is 1. The Balaban J connectivity index is 1.78. The number of nitrogens with one attached hydrogen (secondary N) is 1. The highest BCUT2D eigenvalue weighted by atomic mass is 16.6. The second-order valence-corrected chi connectivity index (χ2v) is 7.56. The maximum atomic E-state index is 11.9. The van der Waals surface area contributed by atoms with E-state index in [-0.39, 0.29) is 12.7 Å². The average molecular weight is 379 g/mol. The summed E-state index contributed by atoms with van der Waals surface area (Å²) in [4.78, 5) is 16.2. The summed E-state index contributed by atoms with van der Waals surface area (Å²) in [6.45, 7) is 4.93. The Kier molecular flexibility index (Phi) is 5.38. The van der Waals surface area contributed by atoms with Crippen molar-refractivity contribution >= 4 is 22.7 Å². The highest BCUT2D eigenvalue weighted by Crippen LogP contribution is 2.33. The van der Waals surface area contributed by atoms with Crippen LogP contribution in [0.25, 0.3) is 11.0 Å². The zero-order chi connectivity index (χ0) is 19.8. The number of fused-ring (bicyclic) bond motifs is 1. The van der Waals surface area contributed by atoms with Crippen LogP contribution in [0.5, 0.6) is 0 Å². The number of rotatable bonds is 5. The molecule has 1 aromatic carbocycles. The monoisotopic (exact) mass is 379 g/mol. The van der Waals surface area contributed by atoms with Gasteiger partial charge in [0.2, 0.25) is 0 Å². The van der Waals surface area contributed by atoms with Crippen molar-refractivity contribution < 1.29 is 29.6 Å². The zero-order valence-corrected chi connectivity index (χ0v) is 15.5. The standard InChI is InChI=1S/C18H25N3O6/c1-18(2,3)17(25)26-9-20-10-5-4-6-11-13(10)19-8-21(11)16-15(24)14(23)12(7-22)27-16/h4-6,8,12,14-16,20,22-24H,7,9H2,1-3H3/t12-,14?,15+,16-/m1/s1. The van der Waals surface area contributed by atoms with Gasteiger partial charge in [-0.15, -0.1) is 0 Å². The molecule has 27 heavy (non-hydrogen) atoms. The van der Waals surface area contributed by atoms with Gasteiger partial charge in [-0.3, -0.25) is 4.79 Å². The Bertz CT molecular complexity index is 815. The average Bonchev–Trinajstić information content (AvgIpc) is 3.16. The highest BCUT2D eigenvalue weighted by Gasteiger charge is 2.43. The normalized spacial score (nSPS) is 25.7. The minimum Gasteiger partial charge on any atom is -0.444 e. The minimum absolute atomic E-state index is 0.00404. The highest BCUT2D eigenvalue weighted by molar-refractivity contribution is 5.88. The molecule has 4 atom stereocenters. The van der Waals surface area contributed by atoms with E-state index < -0.39 is 36.6 Å². The van der Waals surface area contributed by atoms with E-state index in [9.17, 15) is 20.1 Å². The Morgan fingerprint density at radius 1 is 1.33 bits per heavy atom. The zero-order valence-electron chi connectivity index (χ0n) is 15.5. The van der Waals surface area contributed by atoms with Crippen LogP contribution in [0.4, 0.5) is 5.69 Å². The summed E-state index contributed by atoms with van der Waals surface area (Å²) in [6, 6.07) is 5.38. The van der Waals surface area contributed by atoms with E-state index in [0.29, 0.717) is 16.7 Å². The second kappa shape index (κ2) is 7.43. The fraction of sp³-hybridized carbons (Fsp3) is 0.556. The molecule has 9 nitrogen and oxygen atoms in total. The molecule has 1 fully saturated rings. The number of benzene rings is 1. The van der Waals surface area contributed by atoms with Gasteiger partial charge in [0.1, 0.15) is 23.8 Å². The van der Waals surface area contributed by atoms with Gasteiger partial charge in [0.05, 0.1) is 29.6 Å². The maximum absolute atomic E-state index is 11.9.